The fourth-order valence-corrected chi connectivity index (χ4v) is 6.42. The lowest BCUT2D eigenvalue weighted by Gasteiger charge is -2.40. The van der Waals surface area contributed by atoms with E-state index >= 15 is 0 Å². The van der Waals surface area contributed by atoms with E-state index in [1.54, 1.807) is 11.8 Å². The Morgan fingerprint density at radius 3 is 2.66 bits per heavy atom. The largest absolute Gasteiger partial charge is 0.494 e. The zero-order chi connectivity index (χ0) is 20.1. The molecule has 2 fully saturated rings. The first kappa shape index (κ1) is 20.9. The average molecular weight is 418 g/mol. The van der Waals surface area contributed by atoms with E-state index in [-0.39, 0.29) is 16.8 Å². The Kier molecular flexibility index (Phi) is 6.94. The number of hydrogen-bond donors (Lipinski definition) is 1. The van der Waals surface area contributed by atoms with Gasteiger partial charge in [-0.05, 0) is 63.6 Å². The smallest absolute Gasteiger partial charge is 0.230 e. The molecular formula is C24H35NO3S. The Hall–Kier alpha value is -1.36. The summed E-state index contributed by atoms with van der Waals surface area (Å²) in [7, 11) is 0. The van der Waals surface area contributed by atoms with Crippen LogP contribution in [0.4, 0.5) is 0 Å². The van der Waals surface area contributed by atoms with Crippen LogP contribution in [0.3, 0.4) is 0 Å². The molecule has 0 saturated heterocycles. The van der Waals surface area contributed by atoms with Crippen LogP contribution in [0.1, 0.15) is 88.4 Å². The van der Waals surface area contributed by atoms with Crippen LogP contribution >= 0.6 is 11.8 Å². The molecular weight excluding hydrogens is 382 g/mol. The topological polar surface area (TPSA) is 47.6 Å². The molecule has 1 aliphatic heterocycles. The van der Waals surface area contributed by atoms with Crippen LogP contribution in [-0.4, -0.2) is 29.9 Å². The maximum absolute atomic E-state index is 12.7. The van der Waals surface area contributed by atoms with Crippen LogP contribution in [0, 0.1) is 0 Å². The van der Waals surface area contributed by atoms with Gasteiger partial charge in [-0.25, -0.2) is 0 Å². The number of amides is 1. The van der Waals surface area contributed by atoms with Gasteiger partial charge >= 0.3 is 0 Å². The van der Waals surface area contributed by atoms with Crippen molar-refractivity contribution in [2.24, 2.45) is 0 Å². The SMILES string of the molecule is CCOc1ccc2c(c1)[C@@H](SCC(=O)NC1CCCCCC1)CC1(CCCC1)O2. The van der Waals surface area contributed by atoms with Crippen molar-refractivity contribution < 1.29 is 14.3 Å². The molecule has 0 unspecified atom stereocenters. The van der Waals surface area contributed by atoms with Gasteiger partial charge in [-0.3, -0.25) is 4.79 Å². The molecule has 0 bridgehead atoms. The van der Waals surface area contributed by atoms with Crippen LogP contribution in [0.15, 0.2) is 18.2 Å². The Balaban J connectivity index is 1.43. The van der Waals surface area contributed by atoms with Crippen LogP contribution in [-0.2, 0) is 4.79 Å². The number of nitrogens with one attached hydrogen (secondary N) is 1. The molecule has 0 aromatic heterocycles. The molecule has 160 valence electrons. The molecule has 1 aromatic carbocycles. The molecule has 3 aliphatic rings. The van der Waals surface area contributed by atoms with Crippen molar-refractivity contribution in [1.29, 1.82) is 0 Å². The predicted molar refractivity (Wildman–Crippen MR) is 119 cm³/mol. The van der Waals surface area contributed by atoms with Gasteiger partial charge in [0.05, 0.1) is 12.4 Å². The second kappa shape index (κ2) is 9.63. The van der Waals surface area contributed by atoms with Crippen molar-refractivity contribution in [3.8, 4) is 11.5 Å². The van der Waals surface area contributed by atoms with E-state index in [1.807, 2.05) is 13.0 Å². The summed E-state index contributed by atoms with van der Waals surface area (Å²) in [6.45, 7) is 2.67. The molecule has 1 atom stereocenters. The third kappa shape index (κ3) is 5.22. The van der Waals surface area contributed by atoms with Gasteiger partial charge in [0.2, 0.25) is 5.91 Å². The van der Waals surface area contributed by atoms with Crippen molar-refractivity contribution in [3.63, 3.8) is 0 Å². The molecule has 2 aliphatic carbocycles. The molecule has 1 N–H and O–H groups in total. The Morgan fingerprint density at radius 1 is 1.17 bits per heavy atom. The fourth-order valence-electron chi connectivity index (χ4n) is 5.19. The molecule has 29 heavy (non-hydrogen) atoms. The number of ether oxygens (including phenoxy) is 2. The van der Waals surface area contributed by atoms with E-state index in [9.17, 15) is 4.79 Å². The van der Waals surface area contributed by atoms with Crippen LogP contribution in [0.2, 0.25) is 0 Å². The van der Waals surface area contributed by atoms with E-state index in [1.165, 1.54) is 44.1 Å². The van der Waals surface area contributed by atoms with Gasteiger partial charge in [0.1, 0.15) is 17.1 Å². The summed E-state index contributed by atoms with van der Waals surface area (Å²) in [4.78, 5) is 12.7. The van der Waals surface area contributed by atoms with Crippen molar-refractivity contribution in [1.82, 2.24) is 5.32 Å². The minimum Gasteiger partial charge on any atom is -0.494 e. The highest BCUT2D eigenvalue weighted by Gasteiger charge is 2.43. The van der Waals surface area contributed by atoms with Crippen molar-refractivity contribution in [2.45, 2.75) is 94.4 Å². The fraction of sp³-hybridized carbons (Fsp3) is 0.708. The molecule has 4 rings (SSSR count). The molecule has 0 radical (unpaired) electrons. The quantitative estimate of drug-likeness (QED) is 0.595. The van der Waals surface area contributed by atoms with Crippen LogP contribution in [0.5, 0.6) is 11.5 Å². The number of rotatable bonds is 6. The first-order valence-corrected chi connectivity index (χ1v) is 12.6. The average Bonchev–Trinajstić information content (AvgIpc) is 3.00. The van der Waals surface area contributed by atoms with Gasteiger partial charge in [0.25, 0.3) is 0 Å². The number of benzene rings is 1. The summed E-state index contributed by atoms with van der Waals surface area (Å²) < 4.78 is 12.2. The van der Waals surface area contributed by atoms with E-state index in [0.29, 0.717) is 18.4 Å². The Morgan fingerprint density at radius 2 is 1.93 bits per heavy atom. The lowest BCUT2D eigenvalue weighted by atomic mass is 9.89. The third-order valence-electron chi connectivity index (χ3n) is 6.67. The summed E-state index contributed by atoms with van der Waals surface area (Å²) in [5.41, 5.74) is 1.16. The zero-order valence-corrected chi connectivity index (χ0v) is 18.5. The Bertz CT molecular complexity index is 693. The highest BCUT2D eigenvalue weighted by molar-refractivity contribution is 8.00. The maximum Gasteiger partial charge on any atom is 0.230 e. The van der Waals surface area contributed by atoms with Crippen molar-refractivity contribution in [2.75, 3.05) is 12.4 Å². The molecule has 1 spiro atoms. The standard InChI is InChI=1S/C24H35NO3S/c1-2-27-19-11-12-21-20(15-19)22(16-24(28-21)13-7-8-14-24)29-17-23(26)25-18-9-5-3-4-6-10-18/h11-12,15,18,22H,2-10,13-14,16-17H2,1H3,(H,25,26)/t22-/m0/s1. The molecule has 5 heteroatoms. The van der Waals surface area contributed by atoms with E-state index in [2.05, 4.69) is 17.4 Å². The second-order valence-corrected chi connectivity index (χ2v) is 10.1. The number of thioether (sulfide) groups is 1. The summed E-state index contributed by atoms with van der Waals surface area (Å²) in [5, 5.41) is 3.59. The monoisotopic (exact) mass is 417 g/mol. The summed E-state index contributed by atoms with van der Waals surface area (Å²) in [5.74, 6) is 2.60. The molecule has 1 aromatic rings. The van der Waals surface area contributed by atoms with Gasteiger partial charge in [-0.1, -0.05) is 25.7 Å². The van der Waals surface area contributed by atoms with E-state index < -0.39 is 0 Å². The molecule has 2 saturated carbocycles. The highest BCUT2D eigenvalue weighted by Crippen LogP contribution is 2.52. The van der Waals surface area contributed by atoms with Crippen LogP contribution < -0.4 is 14.8 Å². The van der Waals surface area contributed by atoms with Crippen molar-refractivity contribution in [3.05, 3.63) is 23.8 Å². The Labute approximate surface area is 179 Å². The highest BCUT2D eigenvalue weighted by atomic mass is 32.2. The van der Waals surface area contributed by atoms with Crippen molar-refractivity contribution >= 4 is 17.7 Å². The third-order valence-corrected chi connectivity index (χ3v) is 7.93. The summed E-state index contributed by atoms with van der Waals surface area (Å²) in [6.07, 6.45) is 13.1. The number of fused-ring (bicyclic) bond motifs is 1. The van der Waals surface area contributed by atoms with Gasteiger partial charge in [-0.15, -0.1) is 11.8 Å². The second-order valence-electron chi connectivity index (χ2n) is 8.88. The molecule has 1 heterocycles. The van der Waals surface area contributed by atoms with Gasteiger partial charge < -0.3 is 14.8 Å². The molecule has 1 amide bonds. The minimum atomic E-state index is -0.0322. The number of hydrogen-bond acceptors (Lipinski definition) is 4. The first-order valence-electron chi connectivity index (χ1n) is 11.5. The van der Waals surface area contributed by atoms with Gasteiger partial charge in [-0.2, -0.15) is 0 Å². The van der Waals surface area contributed by atoms with E-state index in [4.69, 9.17) is 9.47 Å². The molecule has 4 nitrogen and oxygen atoms in total. The van der Waals surface area contributed by atoms with Crippen LogP contribution in [0.25, 0.3) is 0 Å². The normalized spacial score (nSPS) is 23.8. The van der Waals surface area contributed by atoms with Gasteiger partial charge in [0.15, 0.2) is 0 Å². The number of carbonyl (C=O) groups is 1. The predicted octanol–water partition coefficient (Wildman–Crippen LogP) is 5.79. The zero-order valence-electron chi connectivity index (χ0n) is 17.7. The van der Waals surface area contributed by atoms with E-state index in [0.717, 1.165) is 43.6 Å². The first-order chi connectivity index (χ1) is 14.2. The summed E-state index contributed by atoms with van der Waals surface area (Å²) >= 11 is 1.78. The lowest BCUT2D eigenvalue weighted by molar-refractivity contribution is -0.119. The minimum absolute atomic E-state index is 0.0322. The summed E-state index contributed by atoms with van der Waals surface area (Å²) in [6, 6.07) is 6.58. The lowest BCUT2D eigenvalue weighted by Crippen LogP contribution is -2.39. The maximum atomic E-state index is 12.7. The number of carbonyl (C=O) groups excluding carboxylic acids is 1. The van der Waals surface area contributed by atoms with Gasteiger partial charge in [0, 0.05) is 23.3 Å².